The highest BCUT2D eigenvalue weighted by Crippen LogP contribution is 2.26. The van der Waals surface area contributed by atoms with Crippen molar-refractivity contribution in [3.8, 4) is 0 Å². The van der Waals surface area contributed by atoms with Gasteiger partial charge < -0.3 is 15.2 Å². The van der Waals surface area contributed by atoms with Gasteiger partial charge in [0.05, 0.1) is 25.8 Å². The van der Waals surface area contributed by atoms with Crippen LogP contribution in [0, 0.1) is 0 Å². The first kappa shape index (κ1) is 19.0. The van der Waals surface area contributed by atoms with Gasteiger partial charge >= 0.3 is 5.97 Å². The lowest BCUT2D eigenvalue weighted by Gasteiger charge is -2.23. The molecule has 6 nitrogen and oxygen atoms in total. The molecule has 0 spiro atoms. The highest BCUT2D eigenvalue weighted by atomic mass is 35.5. The Kier molecular flexibility index (Phi) is 6.46. The summed E-state index contributed by atoms with van der Waals surface area (Å²) in [5.41, 5.74) is 0.750. The number of hydrogen-bond acceptors (Lipinski definition) is 5. The largest absolute Gasteiger partial charge is 0.468 e. The van der Waals surface area contributed by atoms with E-state index >= 15 is 0 Å². The Morgan fingerprint density at radius 3 is 2.79 bits per heavy atom. The van der Waals surface area contributed by atoms with Crippen LogP contribution in [0.1, 0.15) is 24.9 Å². The van der Waals surface area contributed by atoms with Gasteiger partial charge in [-0.25, -0.2) is 0 Å². The van der Waals surface area contributed by atoms with Crippen LogP contribution >= 0.6 is 23.2 Å². The van der Waals surface area contributed by atoms with Crippen molar-refractivity contribution in [3.63, 3.8) is 0 Å². The first-order valence-corrected chi connectivity index (χ1v) is 8.31. The summed E-state index contributed by atoms with van der Waals surface area (Å²) < 4.78 is 4.72. The van der Waals surface area contributed by atoms with Crippen molar-refractivity contribution in [2.24, 2.45) is 0 Å². The summed E-state index contributed by atoms with van der Waals surface area (Å²) in [5.74, 6) is -0.718. The molecule has 0 saturated carbocycles. The fourth-order valence-corrected chi connectivity index (χ4v) is 3.41. The standard InChI is InChI=1S/C16H20Cl2N2O4/c1-9(12-4-3-10(17)5-13(12)18)19-15(22)8-20-7-11(21)6-14(20)16(23)24-2/h3-5,9,11,14,21H,6-8H2,1-2H3,(H,19,22)/t9-,11+,14-/m0/s1. The minimum Gasteiger partial charge on any atom is -0.468 e. The Labute approximate surface area is 150 Å². The fraction of sp³-hybridized carbons (Fsp3) is 0.500. The molecule has 0 radical (unpaired) electrons. The lowest BCUT2D eigenvalue weighted by atomic mass is 10.1. The molecule has 132 valence electrons. The summed E-state index contributed by atoms with van der Waals surface area (Å²) >= 11 is 12.0. The van der Waals surface area contributed by atoms with Crippen LogP contribution in [0.25, 0.3) is 0 Å². The lowest BCUT2D eigenvalue weighted by Crippen LogP contribution is -2.44. The Hall–Kier alpha value is -1.34. The fourth-order valence-electron chi connectivity index (χ4n) is 2.84. The third-order valence-electron chi connectivity index (χ3n) is 4.01. The summed E-state index contributed by atoms with van der Waals surface area (Å²) in [6, 6.07) is 4.16. The minimum atomic E-state index is -0.648. The van der Waals surface area contributed by atoms with Crippen molar-refractivity contribution >= 4 is 35.1 Å². The molecule has 24 heavy (non-hydrogen) atoms. The first-order chi connectivity index (χ1) is 11.3. The molecule has 0 aliphatic carbocycles. The van der Waals surface area contributed by atoms with Gasteiger partial charge in [-0.1, -0.05) is 29.3 Å². The lowest BCUT2D eigenvalue weighted by molar-refractivity contribution is -0.146. The second kappa shape index (κ2) is 8.16. The average molecular weight is 375 g/mol. The van der Waals surface area contributed by atoms with Gasteiger partial charge in [0, 0.05) is 23.0 Å². The van der Waals surface area contributed by atoms with Gasteiger partial charge in [-0.3, -0.25) is 14.5 Å². The molecule has 0 aromatic heterocycles. The van der Waals surface area contributed by atoms with E-state index in [4.69, 9.17) is 27.9 Å². The molecule has 8 heteroatoms. The van der Waals surface area contributed by atoms with Gasteiger partial charge in [0.1, 0.15) is 6.04 Å². The van der Waals surface area contributed by atoms with Gasteiger partial charge in [0.15, 0.2) is 0 Å². The number of aliphatic hydroxyl groups is 1. The number of carbonyl (C=O) groups is 2. The number of β-amino-alcohol motifs (C(OH)–C–C–N with tert-alkyl or cyclic N) is 1. The number of carbonyl (C=O) groups excluding carboxylic acids is 2. The summed E-state index contributed by atoms with van der Waals surface area (Å²) in [6.07, 6.45) is -0.386. The molecule has 1 aliphatic rings. The molecule has 2 N–H and O–H groups in total. The number of ether oxygens (including phenoxy) is 1. The monoisotopic (exact) mass is 374 g/mol. The van der Waals surface area contributed by atoms with Crippen LogP contribution in [-0.4, -0.2) is 54.2 Å². The van der Waals surface area contributed by atoms with Crippen molar-refractivity contribution in [1.82, 2.24) is 10.2 Å². The molecule has 1 aromatic rings. The van der Waals surface area contributed by atoms with Crippen LogP contribution in [0.4, 0.5) is 0 Å². The Bertz CT molecular complexity index is 626. The Balaban J connectivity index is 1.98. The van der Waals surface area contributed by atoms with E-state index in [1.165, 1.54) is 7.11 Å². The molecule has 2 rings (SSSR count). The van der Waals surface area contributed by atoms with Gasteiger partial charge in [0.2, 0.25) is 5.91 Å². The number of halogens is 2. The zero-order valence-corrected chi connectivity index (χ0v) is 15.0. The zero-order valence-electron chi connectivity index (χ0n) is 13.5. The minimum absolute atomic E-state index is 0.00756. The van der Waals surface area contributed by atoms with E-state index in [0.29, 0.717) is 10.0 Å². The smallest absolute Gasteiger partial charge is 0.323 e. The van der Waals surface area contributed by atoms with E-state index in [9.17, 15) is 14.7 Å². The van der Waals surface area contributed by atoms with Crippen molar-refractivity contribution in [2.75, 3.05) is 20.2 Å². The SMILES string of the molecule is COC(=O)[C@@H]1C[C@@H](O)CN1CC(=O)N[C@@H](C)c1ccc(Cl)cc1Cl. The van der Waals surface area contributed by atoms with Crippen LogP contribution in [0.15, 0.2) is 18.2 Å². The maximum absolute atomic E-state index is 12.3. The molecular formula is C16H20Cl2N2O4. The van der Waals surface area contributed by atoms with Crippen molar-refractivity contribution in [3.05, 3.63) is 33.8 Å². The van der Waals surface area contributed by atoms with E-state index in [0.717, 1.165) is 5.56 Å². The van der Waals surface area contributed by atoms with Gasteiger partial charge in [-0.15, -0.1) is 0 Å². The third kappa shape index (κ3) is 4.60. The molecular weight excluding hydrogens is 355 g/mol. The number of likely N-dealkylation sites (tertiary alicyclic amines) is 1. The average Bonchev–Trinajstić information content (AvgIpc) is 2.86. The summed E-state index contributed by atoms with van der Waals surface area (Å²) in [5, 5.41) is 13.6. The summed E-state index contributed by atoms with van der Waals surface area (Å²) in [4.78, 5) is 25.6. The molecule has 1 saturated heterocycles. The second-order valence-electron chi connectivity index (χ2n) is 5.81. The molecule has 1 aromatic carbocycles. The topological polar surface area (TPSA) is 78.9 Å². The van der Waals surface area contributed by atoms with Crippen molar-refractivity contribution < 1.29 is 19.4 Å². The first-order valence-electron chi connectivity index (χ1n) is 7.56. The van der Waals surface area contributed by atoms with Gasteiger partial charge in [-0.05, 0) is 24.6 Å². The number of nitrogens with zero attached hydrogens (tertiary/aromatic N) is 1. The van der Waals surface area contributed by atoms with E-state index < -0.39 is 18.1 Å². The number of rotatable bonds is 5. The molecule has 1 aliphatic heterocycles. The summed E-state index contributed by atoms with van der Waals surface area (Å²) in [7, 11) is 1.29. The Morgan fingerprint density at radius 2 is 2.17 bits per heavy atom. The van der Waals surface area contributed by atoms with Crippen LogP contribution < -0.4 is 5.32 Å². The number of hydrogen-bond donors (Lipinski definition) is 2. The molecule has 0 unspecified atom stereocenters. The number of benzene rings is 1. The Morgan fingerprint density at radius 1 is 1.46 bits per heavy atom. The molecule has 1 amide bonds. The molecule has 1 heterocycles. The van der Waals surface area contributed by atoms with E-state index in [1.807, 2.05) is 6.92 Å². The van der Waals surface area contributed by atoms with Crippen LogP contribution in [-0.2, 0) is 14.3 Å². The van der Waals surface area contributed by atoms with Crippen molar-refractivity contribution in [2.45, 2.75) is 31.5 Å². The normalized spacial score (nSPS) is 22.2. The highest BCUT2D eigenvalue weighted by molar-refractivity contribution is 6.35. The number of esters is 1. The predicted octanol–water partition coefficient (Wildman–Crippen LogP) is 1.78. The number of methoxy groups -OCH3 is 1. The maximum Gasteiger partial charge on any atom is 0.323 e. The quantitative estimate of drug-likeness (QED) is 0.768. The number of aliphatic hydroxyl groups excluding tert-OH is 1. The maximum atomic E-state index is 12.3. The second-order valence-corrected chi connectivity index (χ2v) is 6.66. The van der Waals surface area contributed by atoms with Gasteiger partial charge in [-0.2, -0.15) is 0 Å². The molecule has 0 bridgehead atoms. The molecule has 1 fully saturated rings. The van der Waals surface area contributed by atoms with Gasteiger partial charge in [0.25, 0.3) is 0 Å². The number of nitrogens with one attached hydrogen (secondary N) is 1. The third-order valence-corrected chi connectivity index (χ3v) is 4.57. The predicted molar refractivity (Wildman–Crippen MR) is 91.0 cm³/mol. The molecule has 3 atom stereocenters. The zero-order chi connectivity index (χ0) is 17.9. The highest BCUT2D eigenvalue weighted by Gasteiger charge is 2.37. The van der Waals surface area contributed by atoms with Crippen LogP contribution in [0.5, 0.6) is 0 Å². The van der Waals surface area contributed by atoms with E-state index in [2.05, 4.69) is 5.32 Å². The number of amides is 1. The van der Waals surface area contributed by atoms with Crippen molar-refractivity contribution in [1.29, 1.82) is 0 Å². The van der Waals surface area contributed by atoms with E-state index in [1.54, 1.807) is 23.1 Å². The van der Waals surface area contributed by atoms with E-state index in [-0.39, 0.29) is 31.5 Å². The van der Waals surface area contributed by atoms with Crippen LogP contribution in [0.2, 0.25) is 10.0 Å². The summed E-state index contributed by atoms with van der Waals surface area (Å²) in [6.45, 7) is 2.05. The van der Waals surface area contributed by atoms with Crippen LogP contribution in [0.3, 0.4) is 0 Å².